The SMILES string of the molecule is O=C(NCCCC1(O)CCCCCC1)c1ccccc1. The second-order valence-corrected chi connectivity index (χ2v) is 5.86. The number of benzene rings is 1. The van der Waals surface area contributed by atoms with E-state index in [0.717, 1.165) is 38.5 Å². The van der Waals surface area contributed by atoms with Gasteiger partial charge in [-0.05, 0) is 37.8 Å². The largest absolute Gasteiger partial charge is 0.390 e. The van der Waals surface area contributed by atoms with Crippen LogP contribution in [0.25, 0.3) is 0 Å². The number of hydrogen-bond acceptors (Lipinski definition) is 2. The number of hydrogen-bond donors (Lipinski definition) is 2. The first kappa shape index (κ1) is 15.0. The van der Waals surface area contributed by atoms with Crippen LogP contribution in [0.3, 0.4) is 0 Å². The summed E-state index contributed by atoms with van der Waals surface area (Å²) in [4.78, 5) is 11.9. The van der Waals surface area contributed by atoms with Crippen LogP contribution < -0.4 is 5.32 Å². The first-order valence-corrected chi connectivity index (χ1v) is 7.75. The van der Waals surface area contributed by atoms with Crippen molar-refractivity contribution in [3.8, 4) is 0 Å². The normalized spacial score (nSPS) is 18.2. The Kier molecular flexibility index (Phi) is 5.60. The van der Waals surface area contributed by atoms with Gasteiger partial charge in [-0.1, -0.05) is 43.9 Å². The minimum atomic E-state index is -0.492. The summed E-state index contributed by atoms with van der Waals surface area (Å²) < 4.78 is 0. The third-order valence-corrected chi connectivity index (χ3v) is 4.17. The minimum Gasteiger partial charge on any atom is -0.390 e. The molecule has 1 fully saturated rings. The molecule has 110 valence electrons. The lowest BCUT2D eigenvalue weighted by Gasteiger charge is -2.26. The molecule has 0 atom stereocenters. The molecule has 2 N–H and O–H groups in total. The van der Waals surface area contributed by atoms with Gasteiger partial charge in [0.2, 0.25) is 0 Å². The molecule has 0 radical (unpaired) electrons. The van der Waals surface area contributed by atoms with Gasteiger partial charge in [0.25, 0.3) is 5.91 Å². The van der Waals surface area contributed by atoms with E-state index in [4.69, 9.17) is 0 Å². The predicted octanol–water partition coefficient (Wildman–Crippen LogP) is 3.28. The summed E-state index contributed by atoms with van der Waals surface area (Å²) in [5.74, 6) is -0.0292. The molecule has 0 aromatic heterocycles. The average molecular weight is 275 g/mol. The Balaban J connectivity index is 1.69. The Hall–Kier alpha value is -1.35. The van der Waals surface area contributed by atoms with Crippen molar-refractivity contribution in [3.63, 3.8) is 0 Å². The number of nitrogens with one attached hydrogen (secondary N) is 1. The first-order chi connectivity index (χ1) is 9.70. The number of aliphatic hydroxyl groups is 1. The lowest BCUT2D eigenvalue weighted by atomic mass is 9.89. The van der Waals surface area contributed by atoms with E-state index in [9.17, 15) is 9.90 Å². The molecule has 1 aromatic carbocycles. The van der Waals surface area contributed by atoms with Gasteiger partial charge in [0, 0.05) is 12.1 Å². The number of carbonyl (C=O) groups is 1. The van der Waals surface area contributed by atoms with Gasteiger partial charge in [0.15, 0.2) is 0 Å². The molecule has 0 spiro atoms. The molecule has 3 nitrogen and oxygen atoms in total. The number of amides is 1. The van der Waals surface area contributed by atoms with E-state index >= 15 is 0 Å². The molecule has 0 unspecified atom stereocenters. The highest BCUT2D eigenvalue weighted by atomic mass is 16.3. The highest BCUT2D eigenvalue weighted by molar-refractivity contribution is 5.94. The molecule has 20 heavy (non-hydrogen) atoms. The van der Waals surface area contributed by atoms with Gasteiger partial charge >= 0.3 is 0 Å². The summed E-state index contributed by atoms with van der Waals surface area (Å²) >= 11 is 0. The summed E-state index contributed by atoms with van der Waals surface area (Å²) in [6.45, 7) is 0.635. The lowest BCUT2D eigenvalue weighted by Crippen LogP contribution is -2.30. The van der Waals surface area contributed by atoms with Crippen LogP contribution in [0.5, 0.6) is 0 Å². The molecule has 1 saturated carbocycles. The molecule has 1 amide bonds. The van der Waals surface area contributed by atoms with E-state index < -0.39 is 5.60 Å². The zero-order chi connectivity index (χ0) is 14.3. The highest BCUT2D eigenvalue weighted by Gasteiger charge is 2.27. The van der Waals surface area contributed by atoms with Gasteiger partial charge in [-0.15, -0.1) is 0 Å². The Bertz CT molecular complexity index is 408. The maximum atomic E-state index is 11.9. The molecule has 3 heteroatoms. The quantitative estimate of drug-likeness (QED) is 0.640. The summed E-state index contributed by atoms with van der Waals surface area (Å²) in [6.07, 6.45) is 8.22. The third-order valence-electron chi connectivity index (χ3n) is 4.17. The van der Waals surface area contributed by atoms with E-state index in [0.29, 0.717) is 12.1 Å². The van der Waals surface area contributed by atoms with Crippen LogP contribution in [0.1, 0.15) is 61.7 Å². The maximum Gasteiger partial charge on any atom is 0.251 e. The topological polar surface area (TPSA) is 49.3 Å². The van der Waals surface area contributed by atoms with Crippen molar-refractivity contribution in [3.05, 3.63) is 35.9 Å². The van der Waals surface area contributed by atoms with Crippen molar-refractivity contribution in [2.75, 3.05) is 6.54 Å². The van der Waals surface area contributed by atoms with Gasteiger partial charge in [-0.2, -0.15) is 0 Å². The van der Waals surface area contributed by atoms with Crippen LogP contribution in [0.15, 0.2) is 30.3 Å². The first-order valence-electron chi connectivity index (χ1n) is 7.75. The average Bonchev–Trinajstić information content (AvgIpc) is 2.69. The molecular formula is C17H25NO2. The predicted molar refractivity (Wildman–Crippen MR) is 80.7 cm³/mol. The molecule has 2 rings (SSSR count). The zero-order valence-electron chi connectivity index (χ0n) is 12.1. The van der Waals surface area contributed by atoms with Crippen LogP contribution in [0, 0.1) is 0 Å². The lowest BCUT2D eigenvalue weighted by molar-refractivity contribution is 0.0146. The van der Waals surface area contributed by atoms with Gasteiger partial charge < -0.3 is 10.4 Å². The Morgan fingerprint density at radius 3 is 2.40 bits per heavy atom. The molecule has 0 aliphatic heterocycles. The second-order valence-electron chi connectivity index (χ2n) is 5.86. The highest BCUT2D eigenvalue weighted by Crippen LogP contribution is 2.30. The fourth-order valence-electron chi connectivity index (χ4n) is 2.95. The fraction of sp³-hybridized carbons (Fsp3) is 0.588. The van der Waals surface area contributed by atoms with Gasteiger partial charge in [0.1, 0.15) is 0 Å². The van der Waals surface area contributed by atoms with Crippen LogP contribution in [-0.4, -0.2) is 23.2 Å². The van der Waals surface area contributed by atoms with E-state index in [-0.39, 0.29) is 5.91 Å². The summed E-state index contributed by atoms with van der Waals surface area (Å²) in [5, 5.41) is 13.4. The van der Waals surface area contributed by atoms with Crippen molar-refractivity contribution < 1.29 is 9.90 Å². The number of carbonyl (C=O) groups excluding carboxylic acids is 1. The molecule has 1 aromatic rings. The molecule has 0 heterocycles. The van der Waals surface area contributed by atoms with Gasteiger partial charge in [-0.3, -0.25) is 4.79 Å². The zero-order valence-corrected chi connectivity index (χ0v) is 12.1. The van der Waals surface area contributed by atoms with Crippen molar-refractivity contribution in [1.29, 1.82) is 0 Å². The third kappa shape index (κ3) is 4.64. The summed E-state index contributed by atoms with van der Waals surface area (Å²) in [7, 11) is 0. The van der Waals surface area contributed by atoms with Crippen molar-refractivity contribution in [2.45, 2.75) is 57.0 Å². The Labute approximate surface area is 121 Å². The Morgan fingerprint density at radius 1 is 1.10 bits per heavy atom. The second kappa shape index (κ2) is 7.44. The molecule has 1 aliphatic rings. The maximum absolute atomic E-state index is 11.9. The van der Waals surface area contributed by atoms with Crippen LogP contribution in [-0.2, 0) is 0 Å². The summed E-state index contributed by atoms with van der Waals surface area (Å²) in [5.41, 5.74) is 0.203. The summed E-state index contributed by atoms with van der Waals surface area (Å²) in [6, 6.07) is 9.26. The van der Waals surface area contributed by atoms with E-state index in [2.05, 4.69) is 5.32 Å². The van der Waals surface area contributed by atoms with E-state index in [1.165, 1.54) is 12.8 Å². The Morgan fingerprint density at radius 2 is 1.75 bits per heavy atom. The van der Waals surface area contributed by atoms with Gasteiger partial charge in [0.05, 0.1) is 5.60 Å². The number of rotatable bonds is 5. The van der Waals surface area contributed by atoms with Gasteiger partial charge in [-0.25, -0.2) is 0 Å². The monoisotopic (exact) mass is 275 g/mol. The fourth-order valence-corrected chi connectivity index (χ4v) is 2.95. The van der Waals surface area contributed by atoms with Crippen molar-refractivity contribution in [2.24, 2.45) is 0 Å². The molecular weight excluding hydrogens is 250 g/mol. The van der Waals surface area contributed by atoms with Crippen LogP contribution >= 0.6 is 0 Å². The van der Waals surface area contributed by atoms with Crippen molar-refractivity contribution in [1.82, 2.24) is 5.32 Å². The van der Waals surface area contributed by atoms with Crippen LogP contribution in [0.4, 0.5) is 0 Å². The minimum absolute atomic E-state index is 0.0292. The van der Waals surface area contributed by atoms with E-state index in [1.807, 2.05) is 30.3 Å². The molecule has 1 aliphatic carbocycles. The standard InChI is InChI=1S/C17H25NO2/c19-16(15-9-4-3-5-10-15)18-14-8-13-17(20)11-6-1-2-7-12-17/h3-5,9-10,20H,1-2,6-8,11-14H2,(H,18,19). The van der Waals surface area contributed by atoms with Crippen molar-refractivity contribution >= 4 is 5.91 Å². The smallest absolute Gasteiger partial charge is 0.251 e. The molecule has 0 bridgehead atoms. The molecule has 0 saturated heterocycles. The van der Waals surface area contributed by atoms with E-state index in [1.54, 1.807) is 0 Å². The van der Waals surface area contributed by atoms with Crippen LogP contribution in [0.2, 0.25) is 0 Å².